The van der Waals surface area contributed by atoms with Gasteiger partial charge in [0.25, 0.3) is 5.91 Å². The zero-order chi connectivity index (χ0) is 24.2. The van der Waals surface area contributed by atoms with Crippen molar-refractivity contribution < 1.29 is 9.59 Å². The summed E-state index contributed by atoms with van der Waals surface area (Å²) in [7, 11) is 3.53. The normalized spacial score (nSPS) is 13.9. The quantitative estimate of drug-likeness (QED) is 0.540. The molecule has 0 spiro atoms. The van der Waals surface area contributed by atoms with Crippen LogP contribution in [0.2, 0.25) is 0 Å². The maximum absolute atomic E-state index is 13.4. The average Bonchev–Trinajstić information content (AvgIpc) is 3.25. The molecule has 8 heteroatoms. The maximum Gasteiger partial charge on any atom is 0.255 e. The summed E-state index contributed by atoms with van der Waals surface area (Å²) in [6.07, 6.45) is 2.62. The van der Waals surface area contributed by atoms with Crippen LogP contribution in [0.4, 0.5) is 11.5 Å². The number of fused-ring (bicyclic) bond motifs is 1. The summed E-state index contributed by atoms with van der Waals surface area (Å²) in [5.74, 6) is 0.945. The number of aromatic nitrogens is 2. The summed E-state index contributed by atoms with van der Waals surface area (Å²) in [6.45, 7) is 8.01. The van der Waals surface area contributed by atoms with Crippen LogP contribution in [0, 0.1) is 0 Å². The highest BCUT2D eigenvalue weighted by atomic mass is 16.2. The number of piperazine rings is 1. The highest BCUT2D eigenvalue weighted by Crippen LogP contribution is 2.25. The van der Waals surface area contributed by atoms with E-state index in [0.717, 1.165) is 36.7 Å². The summed E-state index contributed by atoms with van der Waals surface area (Å²) < 4.78 is 1.97. The number of para-hydroxylation sites is 1. The van der Waals surface area contributed by atoms with E-state index >= 15 is 0 Å². The van der Waals surface area contributed by atoms with Gasteiger partial charge >= 0.3 is 0 Å². The van der Waals surface area contributed by atoms with E-state index < -0.39 is 0 Å². The van der Waals surface area contributed by atoms with E-state index in [0.29, 0.717) is 25.2 Å². The van der Waals surface area contributed by atoms with E-state index in [2.05, 4.69) is 24.0 Å². The Balaban J connectivity index is 1.57. The molecule has 0 N–H and O–H groups in total. The van der Waals surface area contributed by atoms with Crippen molar-refractivity contribution in [1.29, 1.82) is 0 Å². The zero-order valence-electron chi connectivity index (χ0n) is 20.6. The zero-order valence-corrected chi connectivity index (χ0v) is 20.6. The molecule has 1 fully saturated rings. The molecule has 0 atom stereocenters. The van der Waals surface area contributed by atoms with Crippen LogP contribution < -0.4 is 9.80 Å². The molecule has 1 aromatic carbocycles. The molecule has 4 rings (SSSR count). The van der Waals surface area contributed by atoms with Gasteiger partial charge in [-0.2, -0.15) is 0 Å². The molecule has 8 nitrogen and oxygen atoms in total. The fraction of sp³-hybridized carbons (Fsp3) is 0.423. The van der Waals surface area contributed by atoms with E-state index in [1.165, 1.54) is 5.69 Å². The van der Waals surface area contributed by atoms with Crippen molar-refractivity contribution in [2.75, 3.05) is 63.2 Å². The van der Waals surface area contributed by atoms with Crippen molar-refractivity contribution in [3.63, 3.8) is 0 Å². The first-order valence-corrected chi connectivity index (χ1v) is 12.0. The van der Waals surface area contributed by atoms with E-state index in [-0.39, 0.29) is 18.4 Å². The third-order valence-electron chi connectivity index (χ3n) is 6.44. The summed E-state index contributed by atoms with van der Waals surface area (Å²) in [5, 5.41) is 0. The summed E-state index contributed by atoms with van der Waals surface area (Å²) in [5.41, 5.74) is 3.54. The highest BCUT2D eigenvalue weighted by Gasteiger charge is 2.24. The molecule has 3 aromatic rings. The molecule has 0 unspecified atom stereocenters. The van der Waals surface area contributed by atoms with Gasteiger partial charge in [0.1, 0.15) is 11.5 Å². The minimum absolute atomic E-state index is 0.0275. The fourth-order valence-corrected chi connectivity index (χ4v) is 4.41. The van der Waals surface area contributed by atoms with Crippen molar-refractivity contribution in [2.45, 2.75) is 20.3 Å². The Labute approximate surface area is 201 Å². The monoisotopic (exact) mass is 462 g/mol. The van der Waals surface area contributed by atoms with Crippen LogP contribution in [0.1, 0.15) is 29.9 Å². The van der Waals surface area contributed by atoms with Gasteiger partial charge in [-0.1, -0.05) is 25.1 Å². The number of carbonyl (C=O) groups is 2. The minimum atomic E-state index is 0.0275. The minimum Gasteiger partial charge on any atom is -0.368 e. The second-order valence-corrected chi connectivity index (χ2v) is 8.80. The molecule has 1 aliphatic heterocycles. The Morgan fingerprint density at radius 2 is 1.68 bits per heavy atom. The second-order valence-electron chi connectivity index (χ2n) is 8.80. The first-order valence-electron chi connectivity index (χ1n) is 12.0. The largest absolute Gasteiger partial charge is 0.368 e. The Morgan fingerprint density at radius 1 is 0.971 bits per heavy atom. The lowest BCUT2D eigenvalue weighted by Crippen LogP contribution is -2.48. The van der Waals surface area contributed by atoms with Crippen molar-refractivity contribution >= 4 is 29.0 Å². The van der Waals surface area contributed by atoms with Crippen LogP contribution in [0.5, 0.6) is 0 Å². The van der Waals surface area contributed by atoms with Gasteiger partial charge in [0.05, 0.1) is 17.8 Å². The first-order chi connectivity index (χ1) is 16.4. The van der Waals surface area contributed by atoms with Crippen molar-refractivity contribution in [2.24, 2.45) is 0 Å². The Morgan fingerprint density at radius 3 is 2.29 bits per heavy atom. The number of hydrogen-bond donors (Lipinski definition) is 0. The molecule has 1 aliphatic rings. The molecule has 0 aliphatic carbocycles. The van der Waals surface area contributed by atoms with Crippen molar-refractivity contribution in [3.8, 4) is 0 Å². The van der Waals surface area contributed by atoms with Gasteiger partial charge in [0.2, 0.25) is 5.91 Å². The van der Waals surface area contributed by atoms with Crippen LogP contribution in [-0.4, -0.2) is 84.4 Å². The first kappa shape index (κ1) is 23.6. The number of amides is 2. The van der Waals surface area contributed by atoms with Gasteiger partial charge < -0.3 is 19.6 Å². The van der Waals surface area contributed by atoms with Gasteiger partial charge in [-0.05, 0) is 37.6 Å². The SMILES string of the molecule is CCc1nc2ccc(C(=O)N3CCN(c4ccccc4)CC3)cn2c1N(CC)CC(=O)N(C)C. The number of imidazole rings is 1. The van der Waals surface area contributed by atoms with Gasteiger partial charge in [-0.25, -0.2) is 4.98 Å². The fourth-order valence-electron chi connectivity index (χ4n) is 4.41. The predicted octanol–water partition coefficient (Wildman–Crippen LogP) is 2.77. The number of nitrogens with zero attached hydrogens (tertiary/aromatic N) is 6. The summed E-state index contributed by atoms with van der Waals surface area (Å²) in [6, 6.07) is 14.1. The molecule has 180 valence electrons. The Hall–Kier alpha value is -3.55. The smallest absolute Gasteiger partial charge is 0.255 e. The molecule has 0 radical (unpaired) electrons. The van der Waals surface area contributed by atoms with E-state index in [9.17, 15) is 9.59 Å². The lowest BCUT2D eigenvalue weighted by molar-refractivity contribution is -0.127. The molecule has 0 bridgehead atoms. The number of likely N-dealkylation sites (N-methyl/N-ethyl adjacent to an activating group) is 2. The van der Waals surface area contributed by atoms with Crippen LogP contribution in [0.25, 0.3) is 5.65 Å². The number of pyridine rings is 1. The van der Waals surface area contributed by atoms with Gasteiger partial charge in [0.15, 0.2) is 0 Å². The average molecular weight is 463 g/mol. The molecule has 2 aromatic heterocycles. The number of benzene rings is 1. The number of anilines is 2. The lowest BCUT2D eigenvalue weighted by Gasteiger charge is -2.36. The van der Waals surface area contributed by atoms with E-state index in [4.69, 9.17) is 4.98 Å². The van der Waals surface area contributed by atoms with Crippen LogP contribution in [0.3, 0.4) is 0 Å². The predicted molar refractivity (Wildman–Crippen MR) is 136 cm³/mol. The molecule has 0 saturated carbocycles. The summed E-state index contributed by atoms with van der Waals surface area (Å²) >= 11 is 0. The standard InChI is InChI=1S/C26H34N6O2/c1-5-22-25(29(6-2)19-24(33)28(3)4)32-18-20(12-13-23(32)27-22)26(34)31-16-14-30(15-17-31)21-10-8-7-9-11-21/h7-13,18H,5-6,14-17,19H2,1-4H3. The van der Waals surface area contributed by atoms with Gasteiger partial charge in [-0.15, -0.1) is 0 Å². The van der Waals surface area contributed by atoms with Gasteiger partial charge in [0, 0.05) is 58.7 Å². The molecule has 1 saturated heterocycles. The van der Waals surface area contributed by atoms with Crippen molar-refractivity contribution in [1.82, 2.24) is 19.2 Å². The molecular weight excluding hydrogens is 428 g/mol. The number of hydrogen-bond acceptors (Lipinski definition) is 5. The number of rotatable bonds is 7. The van der Waals surface area contributed by atoms with Crippen LogP contribution in [-0.2, 0) is 11.2 Å². The lowest BCUT2D eigenvalue weighted by atomic mass is 10.2. The van der Waals surface area contributed by atoms with Crippen LogP contribution >= 0.6 is 0 Å². The van der Waals surface area contributed by atoms with E-state index in [1.807, 2.05) is 57.7 Å². The van der Waals surface area contributed by atoms with Crippen LogP contribution in [0.15, 0.2) is 48.7 Å². The molecule has 34 heavy (non-hydrogen) atoms. The Bertz CT molecular complexity index is 1150. The second kappa shape index (κ2) is 10.2. The number of carbonyl (C=O) groups excluding carboxylic acids is 2. The third-order valence-corrected chi connectivity index (χ3v) is 6.44. The van der Waals surface area contributed by atoms with E-state index in [1.54, 1.807) is 19.0 Å². The molecule has 2 amide bonds. The van der Waals surface area contributed by atoms with Crippen molar-refractivity contribution in [3.05, 3.63) is 59.9 Å². The van der Waals surface area contributed by atoms with Gasteiger partial charge in [-0.3, -0.25) is 14.0 Å². The number of aryl methyl sites for hydroxylation is 1. The summed E-state index contributed by atoms with van der Waals surface area (Å²) in [4.78, 5) is 38.5. The molecule has 3 heterocycles. The maximum atomic E-state index is 13.4. The third kappa shape index (κ3) is 4.71. The Kier molecular flexibility index (Phi) is 7.05. The molecular formula is C26H34N6O2. The highest BCUT2D eigenvalue weighted by molar-refractivity contribution is 5.94. The topological polar surface area (TPSA) is 64.4 Å².